The standard InChI is InChI=1S/C25H26N2O6/c1-16-12-21(17(2)27(16)26-25(30)18-8-6-5-7-9-18)22(28)15-33-24(29)13-19-10-11-20(31-3)14-23(19)32-4/h5-12,14H,13,15H2,1-4H3,(H,26,30). The fraction of sp³-hybridized carbons (Fsp3) is 0.240. The maximum absolute atomic E-state index is 12.7. The van der Waals surface area contributed by atoms with Crippen molar-refractivity contribution < 1.29 is 28.6 Å². The zero-order valence-corrected chi connectivity index (χ0v) is 19.0. The van der Waals surface area contributed by atoms with E-state index in [1.165, 1.54) is 7.11 Å². The number of carbonyl (C=O) groups is 3. The highest BCUT2D eigenvalue weighted by Gasteiger charge is 2.19. The maximum atomic E-state index is 12.7. The summed E-state index contributed by atoms with van der Waals surface area (Å²) in [7, 11) is 3.04. The molecule has 1 heterocycles. The SMILES string of the molecule is COc1ccc(CC(=O)OCC(=O)c2cc(C)n(NC(=O)c3ccccc3)c2C)c(OC)c1. The fourth-order valence-electron chi connectivity index (χ4n) is 3.40. The summed E-state index contributed by atoms with van der Waals surface area (Å²) in [4.78, 5) is 37.5. The molecule has 1 N–H and O–H groups in total. The topological polar surface area (TPSA) is 95.9 Å². The largest absolute Gasteiger partial charge is 0.497 e. The first-order chi connectivity index (χ1) is 15.8. The molecule has 0 radical (unpaired) electrons. The average molecular weight is 450 g/mol. The predicted molar refractivity (Wildman–Crippen MR) is 123 cm³/mol. The fourth-order valence-corrected chi connectivity index (χ4v) is 3.40. The van der Waals surface area contributed by atoms with Crippen LogP contribution in [0.4, 0.5) is 0 Å². The molecule has 172 valence electrons. The monoisotopic (exact) mass is 450 g/mol. The lowest BCUT2D eigenvalue weighted by Gasteiger charge is -2.12. The van der Waals surface area contributed by atoms with Gasteiger partial charge in [-0.2, -0.15) is 0 Å². The lowest BCUT2D eigenvalue weighted by Crippen LogP contribution is -2.25. The number of methoxy groups -OCH3 is 2. The van der Waals surface area contributed by atoms with Crippen LogP contribution < -0.4 is 14.9 Å². The molecule has 0 saturated carbocycles. The van der Waals surface area contributed by atoms with Gasteiger partial charge in [-0.1, -0.05) is 24.3 Å². The molecule has 0 spiro atoms. The van der Waals surface area contributed by atoms with Crippen molar-refractivity contribution in [2.24, 2.45) is 0 Å². The molecule has 3 rings (SSSR count). The molecule has 3 aromatic rings. The third kappa shape index (κ3) is 5.60. The molecule has 0 fully saturated rings. The van der Waals surface area contributed by atoms with Crippen molar-refractivity contribution in [2.75, 3.05) is 26.3 Å². The average Bonchev–Trinajstić information content (AvgIpc) is 3.11. The number of amides is 1. The lowest BCUT2D eigenvalue weighted by molar-refractivity contribution is -0.141. The Morgan fingerprint density at radius 3 is 2.33 bits per heavy atom. The first-order valence-electron chi connectivity index (χ1n) is 10.3. The van der Waals surface area contributed by atoms with Crippen LogP contribution in [0.25, 0.3) is 0 Å². The molecule has 33 heavy (non-hydrogen) atoms. The van der Waals surface area contributed by atoms with E-state index in [1.54, 1.807) is 74.2 Å². The van der Waals surface area contributed by atoms with Crippen LogP contribution in [0.2, 0.25) is 0 Å². The van der Waals surface area contributed by atoms with Crippen molar-refractivity contribution in [3.63, 3.8) is 0 Å². The summed E-state index contributed by atoms with van der Waals surface area (Å²) in [5.74, 6) is -0.114. The molecular weight excluding hydrogens is 424 g/mol. The second-order valence-corrected chi connectivity index (χ2v) is 7.37. The van der Waals surface area contributed by atoms with Gasteiger partial charge in [0.1, 0.15) is 11.5 Å². The number of hydrogen-bond donors (Lipinski definition) is 1. The number of ketones is 1. The molecule has 8 heteroatoms. The molecule has 0 bridgehead atoms. The second-order valence-electron chi connectivity index (χ2n) is 7.37. The number of aromatic nitrogens is 1. The van der Waals surface area contributed by atoms with Crippen molar-refractivity contribution in [3.8, 4) is 11.5 Å². The smallest absolute Gasteiger partial charge is 0.310 e. The van der Waals surface area contributed by atoms with Gasteiger partial charge in [0.2, 0.25) is 5.78 Å². The summed E-state index contributed by atoms with van der Waals surface area (Å²) in [5, 5.41) is 0. The Balaban J connectivity index is 1.63. The maximum Gasteiger partial charge on any atom is 0.310 e. The zero-order valence-electron chi connectivity index (χ0n) is 19.0. The Hall–Kier alpha value is -4.07. The summed E-state index contributed by atoms with van der Waals surface area (Å²) >= 11 is 0. The molecule has 0 atom stereocenters. The van der Waals surface area contributed by atoms with Gasteiger partial charge < -0.3 is 14.2 Å². The van der Waals surface area contributed by atoms with Crippen LogP contribution >= 0.6 is 0 Å². The van der Waals surface area contributed by atoms with Crippen molar-refractivity contribution in [3.05, 3.63) is 82.7 Å². The van der Waals surface area contributed by atoms with Gasteiger partial charge in [0, 0.05) is 34.1 Å². The summed E-state index contributed by atoms with van der Waals surface area (Å²) in [6.07, 6.45) is -0.0490. The molecule has 0 saturated heterocycles. The number of hydrogen-bond acceptors (Lipinski definition) is 6. The Bertz CT molecular complexity index is 1170. The highest BCUT2D eigenvalue weighted by atomic mass is 16.5. The van der Waals surface area contributed by atoms with E-state index in [4.69, 9.17) is 14.2 Å². The number of aryl methyl sites for hydroxylation is 1. The van der Waals surface area contributed by atoms with E-state index in [0.717, 1.165) is 0 Å². The van der Waals surface area contributed by atoms with Crippen LogP contribution in [-0.4, -0.2) is 43.2 Å². The van der Waals surface area contributed by atoms with Gasteiger partial charge in [-0.05, 0) is 38.1 Å². The van der Waals surface area contributed by atoms with Gasteiger partial charge in [-0.25, -0.2) is 0 Å². The van der Waals surface area contributed by atoms with E-state index in [1.807, 2.05) is 6.07 Å². The van der Waals surface area contributed by atoms with E-state index in [9.17, 15) is 14.4 Å². The van der Waals surface area contributed by atoms with Gasteiger partial charge in [0.15, 0.2) is 6.61 Å². The molecular formula is C25H26N2O6. The molecule has 0 unspecified atom stereocenters. The normalized spacial score (nSPS) is 10.4. The quantitative estimate of drug-likeness (QED) is 0.396. The van der Waals surface area contributed by atoms with E-state index in [-0.39, 0.29) is 18.1 Å². The molecule has 0 aliphatic carbocycles. The number of ether oxygens (including phenoxy) is 3. The van der Waals surface area contributed by atoms with E-state index in [0.29, 0.717) is 39.6 Å². The summed E-state index contributed by atoms with van der Waals surface area (Å²) < 4.78 is 17.2. The Morgan fingerprint density at radius 2 is 1.67 bits per heavy atom. The van der Waals surface area contributed by atoms with Crippen molar-refractivity contribution >= 4 is 17.7 Å². The summed E-state index contributed by atoms with van der Waals surface area (Å²) in [6.45, 7) is 3.08. The molecule has 1 aromatic heterocycles. The summed E-state index contributed by atoms with van der Waals surface area (Å²) in [6, 6.07) is 15.5. The number of rotatable bonds is 9. The van der Waals surface area contributed by atoms with Crippen LogP contribution in [0.5, 0.6) is 11.5 Å². The number of carbonyl (C=O) groups excluding carboxylic acids is 3. The number of benzene rings is 2. The third-order valence-electron chi connectivity index (χ3n) is 5.17. The first-order valence-corrected chi connectivity index (χ1v) is 10.3. The number of esters is 1. The molecule has 1 amide bonds. The highest BCUT2D eigenvalue weighted by Crippen LogP contribution is 2.25. The van der Waals surface area contributed by atoms with E-state index >= 15 is 0 Å². The van der Waals surface area contributed by atoms with Gasteiger partial charge in [0.05, 0.1) is 20.6 Å². The lowest BCUT2D eigenvalue weighted by atomic mass is 10.1. The second kappa shape index (κ2) is 10.5. The number of nitrogens with one attached hydrogen (secondary N) is 1. The molecule has 0 aliphatic heterocycles. The first kappa shape index (κ1) is 23.6. The highest BCUT2D eigenvalue weighted by molar-refractivity contribution is 6.01. The van der Waals surface area contributed by atoms with Gasteiger partial charge in [0.25, 0.3) is 5.91 Å². The van der Waals surface area contributed by atoms with Gasteiger partial charge in [-0.3, -0.25) is 24.5 Å². The zero-order chi connectivity index (χ0) is 24.0. The number of nitrogens with zero attached hydrogens (tertiary/aromatic N) is 1. The Labute approximate surface area is 192 Å². The van der Waals surface area contributed by atoms with Crippen LogP contribution in [0.1, 0.15) is 37.7 Å². The minimum Gasteiger partial charge on any atom is -0.497 e. The molecule has 8 nitrogen and oxygen atoms in total. The number of Topliss-reactive ketones (excluding diaryl/α,β-unsaturated/α-hetero) is 1. The van der Waals surface area contributed by atoms with Crippen LogP contribution in [0.15, 0.2) is 54.6 Å². The Morgan fingerprint density at radius 1 is 0.939 bits per heavy atom. The minimum atomic E-state index is -0.557. The van der Waals surface area contributed by atoms with Crippen LogP contribution in [0, 0.1) is 13.8 Å². The molecule has 0 aliphatic rings. The van der Waals surface area contributed by atoms with Crippen molar-refractivity contribution in [1.82, 2.24) is 4.68 Å². The van der Waals surface area contributed by atoms with Crippen LogP contribution in [0.3, 0.4) is 0 Å². The summed E-state index contributed by atoms with van der Waals surface area (Å²) in [5.41, 5.74) is 5.50. The van der Waals surface area contributed by atoms with E-state index in [2.05, 4.69) is 5.43 Å². The van der Waals surface area contributed by atoms with Gasteiger partial charge >= 0.3 is 5.97 Å². The third-order valence-corrected chi connectivity index (χ3v) is 5.17. The molecule has 2 aromatic carbocycles. The Kier molecular flexibility index (Phi) is 7.50. The van der Waals surface area contributed by atoms with Crippen molar-refractivity contribution in [1.29, 1.82) is 0 Å². The van der Waals surface area contributed by atoms with E-state index < -0.39 is 12.6 Å². The predicted octanol–water partition coefficient (Wildman–Crippen LogP) is 3.47. The van der Waals surface area contributed by atoms with Gasteiger partial charge in [-0.15, -0.1) is 0 Å². The van der Waals surface area contributed by atoms with Crippen molar-refractivity contribution in [2.45, 2.75) is 20.3 Å². The minimum absolute atomic E-state index is 0.0490. The van der Waals surface area contributed by atoms with Crippen LogP contribution in [-0.2, 0) is 16.0 Å².